The molecule has 2 fully saturated rings. The normalized spacial score (nSPS) is 29.0. The molecule has 2 aliphatic rings. The largest absolute Gasteiger partial charge is 0.357 e. The van der Waals surface area contributed by atoms with Crippen molar-refractivity contribution in [1.82, 2.24) is 10.2 Å². The molecule has 0 aromatic carbocycles. The summed E-state index contributed by atoms with van der Waals surface area (Å²) < 4.78 is 23.0. The molecule has 2 unspecified atom stereocenters. The molecular formula is C14H28IN3O2S. The Hall–Kier alpha value is -0.0500. The van der Waals surface area contributed by atoms with Gasteiger partial charge in [-0.05, 0) is 38.0 Å². The van der Waals surface area contributed by atoms with Crippen molar-refractivity contribution in [2.75, 3.05) is 37.7 Å². The molecule has 0 radical (unpaired) electrons. The van der Waals surface area contributed by atoms with Crippen LogP contribution in [0.2, 0.25) is 0 Å². The van der Waals surface area contributed by atoms with Crippen LogP contribution in [0.3, 0.4) is 0 Å². The lowest BCUT2D eigenvalue weighted by Gasteiger charge is -2.33. The number of guanidine groups is 1. The molecule has 2 heterocycles. The Kier molecular flexibility index (Phi) is 7.73. The van der Waals surface area contributed by atoms with Crippen molar-refractivity contribution < 1.29 is 8.42 Å². The maximum absolute atomic E-state index is 11.5. The summed E-state index contributed by atoms with van der Waals surface area (Å²) in [6, 6.07) is 0. The van der Waals surface area contributed by atoms with Crippen LogP contribution in [0.1, 0.15) is 33.1 Å². The maximum Gasteiger partial charge on any atom is 0.193 e. The van der Waals surface area contributed by atoms with E-state index in [0.717, 1.165) is 32.0 Å². The second kappa shape index (κ2) is 8.55. The number of hydrogen-bond acceptors (Lipinski definition) is 3. The molecule has 7 heteroatoms. The number of halogens is 1. The van der Waals surface area contributed by atoms with Crippen molar-refractivity contribution in [1.29, 1.82) is 0 Å². The van der Waals surface area contributed by atoms with E-state index in [2.05, 4.69) is 29.1 Å². The van der Waals surface area contributed by atoms with Crippen molar-refractivity contribution in [3.05, 3.63) is 0 Å². The third-order valence-corrected chi connectivity index (χ3v) is 5.95. The summed E-state index contributed by atoms with van der Waals surface area (Å²) in [5.74, 6) is 2.52. The number of rotatable bonds is 3. The molecule has 21 heavy (non-hydrogen) atoms. The quantitative estimate of drug-likeness (QED) is 0.422. The van der Waals surface area contributed by atoms with Gasteiger partial charge in [-0.3, -0.25) is 4.99 Å². The summed E-state index contributed by atoms with van der Waals surface area (Å²) in [6.07, 6.45) is 3.27. The van der Waals surface area contributed by atoms with Gasteiger partial charge in [-0.1, -0.05) is 6.92 Å². The minimum atomic E-state index is -2.79. The summed E-state index contributed by atoms with van der Waals surface area (Å²) in [5.41, 5.74) is 0. The highest BCUT2D eigenvalue weighted by molar-refractivity contribution is 14.0. The van der Waals surface area contributed by atoms with Crippen LogP contribution < -0.4 is 5.32 Å². The zero-order chi connectivity index (χ0) is 14.6. The average Bonchev–Trinajstić information content (AvgIpc) is 2.74. The Bertz CT molecular complexity index is 453. The van der Waals surface area contributed by atoms with Crippen LogP contribution in [0.25, 0.3) is 0 Å². The summed E-state index contributed by atoms with van der Waals surface area (Å²) in [4.78, 5) is 7.01. The fourth-order valence-electron chi connectivity index (χ4n) is 3.04. The van der Waals surface area contributed by atoms with Gasteiger partial charge in [0.1, 0.15) is 0 Å². The highest BCUT2D eigenvalue weighted by Gasteiger charge is 2.28. The monoisotopic (exact) mass is 429 g/mol. The average molecular weight is 429 g/mol. The van der Waals surface area contributed by atoms with E-state index in [-0.39, 0.29) is 29.9 Å². The number of nitrogens with one attached hydrogen (secondary N) is 1. The minimum absolute atomic E-state index is 0. The maximum atomic E-state index is 11.5. The lowest BCUT2D eigenvalue weighted by Crippen LogP contribution is -2.46. The zero-order valence-electron chi connectivity index (χ0n) is 13.0. The van der Waals surface area contributed by atoms with Crippen LogP contribution >= 0.6 is 24.0 Å². The molecule has 124 valence electrons. The fraction of sp³-hybridized carbons (Fsp3) is 0.929. The summed E-state index contributed by atoms with van der Waals surface area (Å²) in [5, 5.41) is 3.34. The lowest BCUT2D eigenvalue weighted by molar-refractivity contribution is 0.265. The van der Waals surface area contributed by atoms with Crippen molar-refractivity contribution in [3.8, 4) is 0 Å². The SMILES string of the molecule is CCNC(=NCC1CCS(=O)(=O)C1)N1CCCC(C)C1.I. The number of aliphatic imine (C=N–C) groups is 1. The van der Waals surface area contributed by atoms with E-state index < -0.39 is 9.84 Å². The Balaban J connectivity index is 0.00000220. The predicted molar refractivity (Wildman–Crippen MR) is 98.1 cm³/mol. The summed E-state index contributed by atoms with van der Waals surface area (Å²) in [7, 11) is -2.79. The highest BCUT2D eigenvalue weighted by Crippen LogP contribution is 2.19. The first kappa shape index (κ1) is 19.0. The van der Waals surface area contributed by atoms with Crippen LogP contribution in [0.5, 0.6) is 0 Å². The van der Waals surface area contributed by atoms with E-state index in [9.17, 15) is 8.42 Å². The van der Waals surface area contributed by atoms with Crippen molar-refractivity contribution in [2.24, 2.45) is 16.8 Å². The molecule has 1 N–H and O–H groups in total. The number of nitrogens with zero attached hydrogens (tertiary/aromatic N) is 2. The third-order valence-electron chi connectivity index (χ3n) is 4.12. The van der Waals surface area contributed by atoms with Crippen LogP contribution in [0.15, 0.2) is 4.99 Å². The Morgan fingerprint density at radius 2 is 2.14 bits per heavy atom. The molecule has 2 rings (SSSR count). The van der Waals surface area contributed by atoms with Gasteiger partial charge in [0.05, 0.1) is 11.5 Å². The summed E-state index contributed by atoms with van der Waals surface area (Å²) >= 11 is 0. The number of sulfone groups is 1. The highest BCUT2D eigenvalue weighted by atomic mass is 127. The van der Waals surface area contributed by atoms with Crippen molar-refractivity contribution >= 4 is 39.8 Å². The van der Waals surface area contributed by atoms with E-state index in [4.69, 9.17) is 0 Å². The molecule has 0 bridgehead atoms. The molecular weight excluding hydrogens is 401 g/mol. The van der Waals surface area contributed by atoms with E-state index in [0.29, 0.717) is 24.0 Å². The second-order valence-electron chi connectivity index (χ2n) is 6.16. The Morgan fingerprint density at radius 1 is 1.38 bits per heavy atom. The van der Waals surface area contributed by atoms with Crippen molar-refractivity contribution in [2.45, 2.75) is 33.1 Å². The second-order valence-corrected chi connectivity index (χ2v) is 8.39. The molecule has 0 aromatic rings. The van der Waals surface area contributed by atoms with Gasteiger partial charge < -0.3 is 10.2 Å². The minimum Gasteiger partial charge on any atom is -0.357 e. The topological polar surface area (TPSA) is 61.8 Å². The van der Waals surface area contributed by atoms with Gasteiger partial charge in [0.25, 0.3) is 0 Å². The predicted octanol–water partition coefficient (Wildman–Crippen LogP) is 1.74. The first-order chi connectivity index (χ1) is 9.50. The van der Waals surface area contributed by atoms with Gasteiger partial charge >= 0.3 is 0 Å². The van der Waals surface area contributed by atoms with Gasteiger partial charge in [-0.2, -0.15) is 0 Å². The Labute approximate surface area is 145 Å². The lowest BCUT2D eigenvalue weighted by atomic mass is 10.0. The first-order valence-electron chi connectivity index (χ1n) is 7.74. The van der Waals surface area contributed by atoms with Gasteiger partial charge in [0.2, 0.25) is 0 Å². The van der Waals surface area contributed by atoms with E-state index in [1.165, 1.54) is 12.8 Å². The summed E-state index contributed by atoms with van der Waals surface area (Å²) in [6.45, 7) is 7.94. The molecule has 2 saturated heterocycles. The molecule has 5 nitrogen and oxygen atoms in total. The molecule has 2 aliphatic heterocycles. The van der Waals surface area contributed by atoms with Crippen LogP contribution in [-0.2, 0) is 9.84 Å². The third kappa shape index (κ3) is 5.92. The van der Waals surface area contributed by atoms with E-state index in [1.54, 1.807) is 0 Å². The Morgan fingerprint density at radius 3 is 2.71 bits per heavy atom. The fourth-order valence-corrected chi connectivity index (χ4v) is 4.89. The van der Waals surface area contributed by atoms with Crippen LogP contribution in [0.4, 0.5) is 0 Å². The van der Waals surface area contributed by atoms with Gasteiger partial charge in [0, 0.05) is 26.2 Å². The molecule has 0 spiro atoms. The number of piperidine rings is 1. The van der Waals surface area contributed by atoms with E-state index >= 15 is 0 Å². The molecule has 0 saturated carbocycles. The van der Waals surface area contributed by atoms with Crippen molar-refractivity contribution in [3.63, 3.8) is 0 Å². The molecule has 0 aliphatic carbocycles. The van der Waals surface area contributed by atoms with Gasteiger partial charge in [-0.15, -0.1) is 24.0 Å². The molecule has 2 atom stereocenters. The number of hydrogen-bond donors (Lipinski definition) is 1. The zero-order valence-corrected chi connectivity index (χ0v) is 16.2. The van der Waals surface area contributed by atoms with Crippen LogP contribution in [-0.4, -0.2) is 57.0 Å². The first-order valence-corrected chi connectivity index (χ1v) is 9.56. The molecule has 0 aromatic heterocycles. The number of likely N-dealkylation sites (tertiary alicyclic amines) is 1. The molecule has 0 amide bonds. The van der Waals surface area contributed by atoms with Crippen LogP contribution in [0, 0.1) is 11.8 Å². The smallest absolute Gasteiger partial charge is 0.193 e. The van der Waals surface area contributed by atoms with Gasteiger partial charge in [-0.25, -0.2) is 8.42 Å². The van der Waals surface area contributed by atoms with E-state index in [1.807, 2.05) is 0 Å². The standard InChI is InChI=1S/C14H27N3O2S.HI/c1-3-15-14(17-7-4-5-12(2)10-17)16-9-13-6-8-20(18,19)11-13;/h12-13H,3-11H2,1-2H3,(H,15,16);1H. The van der Waals surface area contributed by atoms with Gasteiger partial charge in [0.15, 0.2) is 15.8 Å².